The van der Waals surface area contributed by atoms with Crippen molar-refractivity contribution in [2.75, 3.05) is 7.11 Å². The molecule has 0 aliphatic rings. The van der Waals surface area contributed by atoms with Crippen LogP contribution in [-0.2, 0) is 35.8 Å². The van der Waals surface area contributed by atoms with E-state index in [1.54, 1.807) is 24.3 Å². The Hall–Kier alpha value is -2.71. The normalized spacial score (nSPS) is 11.4. The predicted molar refractivity (Wildman–Crippen MR) is 103 cm³/mol. The third-order valence-corrected chi connectivity index (χ3v) is 5.18. The lowest BCUT2D eigenvalue weighted by Crippen LogP contribution is -2.21. The quantitative estimate of drug-likeness (QED) is 0.518. The maximum absolute atomic E-state index is 11.7. The molecule has 0 saturated carbocycles. The molecule has 0 bridgehead atoms. The van der Waals surface area contributed by atoms with Crippen LogP contribution >= 0.6 is 0 Å². The number of aryl methyl sites for hydroxylation is 2. The van der Waals surface area contributed by atoms with Crippen molar-refractivity contribution in [2.24, 2.45) is 7.05 Å². The highest BCUT2D eigenvalue weighted by Crippen LogP contribution is 2.20. The summed E-state index contributed by atoms with van der Waals surface area (Å²) >= 11 is 0. The van der Waals surface area contributed by atoms with Gasteiger partial charge in [-0.3, -0.25) is 4.68 Å². The van der Waals surface area contributed by atoms with Gasteiger partial charge in [-0.1, -0.05) is 18.2 Å². The molecule has 3 rings (SSSR count). The van der Waals surface area contributed by atoms with Gasteiger partial charge in [0, 0.05) is 25.5 Å². The van der Waals surface area contributed by atoms with E-state index in [-0.39, 0.29) is 13.1 Å². The average molecular weight is 387 g/mol. The number of methoxy groups -OCH3 is 1. The van der Waals surface area contributed by atoms with Crippen molar-refractivity contribution in [3.63, 3.8) is 0 Å². The zero-order chi connectivity index (χ0) is 19.6. The fourth-order valence-electron chi connectivity index (χ4n) is 3.04. The fraction of sp³-hybridized carbons (Fsp3) is 0.263. The van der Waals surface area contributed by atoms with Gasteiger partial charge < -0.3 is 4.74 Å². The lowest BCUT2D eigenvalue weighted by Gasteiger charge is -2.16. The molecule has 3 aromatic rings. The number of carbonyl (C=O) groups is 1. The van der Waals surface area contributed by atoms with Crippen molar-refractivity contribution < 1.29 is 17.9 Å². The fourth-order valence-corrected chi connectivity index (χ4v) is 3.60. The molecule has 8 heteroatoms. The van der Waals surface area contributed by atoms with E-state index >= 15 is 0 Å². The Morgan fingerprint density at radius 3 is 2.37 bits per heavy atom. The minimum Gasteiger partial charge on any atom is -0.465 e. The van der Waals surface area contributed by atoms with Crippen LogP contribution in [0.25, 0.3) is 10.9 Å². The Morgan fingerprint density at radius 1 is 1.11 bits per heavy atom. The summed E-state index contributed by atoms with van der Waals surface area (Å²) < 4.78 is 31.3. The van der Waals surface area contributed by atoms with E-state index in [0.717, 1.165) is 27.7 Å². The molecular formula is C19H21N3O4S. The molecular weight excluding hydrogens is 366 g/mol. The number of hydrogen-bond acceptors (Lipinski definition) is 5. The number of aromatic nitrogens is 2. The van der Waals surface area contributed by atoms with Crippen molar-refractivity contribution in [3.8, 4) is 0 Å². The van der Waals surface area contributed by atoms with Crippen LogP contribution in [0.4, 0.5) is 0 Å². The number of fused-ring (bicyclic) bond motifs is 1. The van der Waals surface area contributed by atoms with Gasteiger partial charge in [-0.2, -0.15) is 9.40 Å². The first-order chi connectivity index (χ1) is 12.9. The summed E-state index contributed by atoms with van der Waals surface area (Å²) in [5.74, 6) is -0.423. The molecule has 2 aromatic carbocycles. The summed E-state index contributed by atoms with van der Waals surface area (Å²) in [5, 5.41) is 5.40. The topological polar surface area (TPSA) is 81.5 Å². The zero-order valence-corrected chi connectivity index (χ0v) is 16.3. The van der Waals surface area contributed by atoms with Crippen LogP contribution in [0.2, 0.25) is 0 Å². The second-order valence-corrected chi connectivity index (χ2v) is 7.35. The van der Waals surface area contributed by atoms with E-state index < -0.39 is 16.9 Å². The largest absolute Gasteiger partial charge is 0.465 e. The van der Waals surface area contributed by atoms with Crippen molar-refractivity contribution in [1.82, 2.24) is 14.1 Å². The average Bonchev–Trinajstić information content (AvgIpc) is 2.94. The van der Waals surface area contributed by atoms with Crippen molar-refractivity contribution in [2.45, 2.75) is 20.0 Å². The molecule has 0 aliphatic carbocycles. The molecule has 0 N–H and O–H groups in total. The monoisotopic (exact) mass is 387 g/mol. The third kappa shape index (κ3) is 4.17. The van der Waals surface area contributed by atoms with Crippen molar-refractivity contribution >= 4 is 27.8 Å². The lowest BCUT2D eigenvalue weighted by atomic mass is 10.1. The van der Waals surface area contributed by atoms with Gasteiger partial charge in [0.25, 0.3) is 0 Å². The molecule has 0 fully saturated rings. The van der Waals surface area contributed by atoms with E-state index in [9.17, 15) is 13.2 Å². The third-order valence-electron chi connectivity index (χ3n) is 4.44. The Labute approximate surface area is 159 Å². The molecule has 7 nitrogen and oxygen atoms in total. The molecule has 0 aliphatic heterocycles. The molecule has 0 amide bonds. The molecule has 0 atom stereocenters. The number of carbonyl (C=O) groups excluding carboxylic acids is 1. The number of nitrogens with zero attached hydrogens (tertiary/aromatic N) is 3. The number of thiol groups is 1. The van der Waals surface area contributed by atoms with Crippen LogP contribution in [0.5, 0.6) is 0 Å². The first-order valence-electron chi connectivity index (χ1n) is 8.38. The van der Waals surface area contributed by atoms with Crippen molar-refractivity contribution in [1.29, 1.82) is 0 Å². The van der Waals surface area contributed by atoms with Crippen LogP contribution in [-0.4, -0.2) is 35.6 Å². The van der Waals surface area contributed by atoms with Gasteiger partial charge in [-0.15, -0.1) is 0 Å². The maximum atomic E-state index is 11.7. The van der Waals surface area contributed by atoms with E-state index in [0.29, 0.717) is 5.56 Å². The van der Waals surface area contributed by atoms with Crippen LogP contribution in [0.15, 0.2) is 42.5 Å². The summed E-state index contributed by atoms with van der Waals surface area (Å²) in [6.07, 6.45) is 0. The minimum absolute atomic E-state index is 0.226. The molecule has 142 valence electrons. The summed E-state index contributed by atoms with van der Waals surface area (Å²) in [7, 11) is 0.444. The minimum atomic E-state index is -2.76. The number of benzene rings is 2. The summed E-state index contributed by atoms with van der Waals surface area (Å²) in [6, 6.07) is 12.6. The molecule has 0 saturated heterocycles. The van der Waals surface area contributed by atoms with Gasteiger partial charge in [-0.25, -0.2) is 13.2 Å². The molecule has 1 aromatic heterocycles. The number of esters is 1. The van der Waals surface area contributed by atoms with Crippen LogP contribution < -0.4 is 0 Å². The summed E-state index contributed by atoms with van der Waals surface area (Å²) in [5.41, 5.74) is 4.03. The standard InChI is InChI=1S/C19H21N3O4S/c1-13-17-10-15(6-9-18(17)21(2)20-13)12-22(27(24)25)11-14-4-7-16(8-5-14)19(23)26-3/h4-10,27H,11-12H2,1-3H3. The number of rotatable bonds is 6. The lowest BCUT2D eigenvalue weighted by molar-refractivity contribution is 0.0600. The van der Waals surface area contributed by atoms with Crippen LogP contribution in [0, 0.1) is 6.92 Å². The highest BCUT2D eigenvalue weighted by atomic mass is 32.2. The molecule has 0 unspecified atom stereocenters. The van der Waals surface area contributed by atoms with E-state index in [1.165, 1.54) is 11.4 Å². The van der Waals surface area contributed by atoms with Gasteiger partial charge in [0.15, 0.2) is 0 Å². The smallest absolute Gasteiger partial charge is 0.337 e. The highest BCUT2D eigenvalue weighted by molar-refractivity contribution is 7.69. The SMILES string of the molecule is COC(=O)c1ccc(CN(Cc2ccc3c(c2)c(C)nn3C)[SH](=O)=O)cc1. The number of ether oxygens (including phenoxy) is 1. The highest BCUT2D eigenvalue weighted by Gasteiger charge is 2.13. The Balaban J connectivity index is 1.80. The molecule has 0 radical (unpaired) electrons. The Morgan fingerprint density at radius 2 is 1.74 bits per heavy atom. The van der Waals surface area contributed by atoms with Gasteiger partial charge in [0.1, 0.15) is 0 Å². The van der Waals surface area contributed by atoms with E-state index in [1.807, 2.05) is 36.9 Å². The van der Waals surface area contributed by atoms with Gasteiger partial charge >= 0.3 is 5.97 Å². The first kappa shape index (κ1) is 19.1. The van der Waals surface area contributed by atoms with Gasteiger partial charge in [0.05, 0.1) is 23.9 Å². The van der Waals surface area contributed by atoms with Gasteiger partial charge in [0.2, 0.25) is 10.9 Å². The van der Waals surface area contributed by atoms with Crippen molar-refractivity contribution in [3.05, 3.63) is 64.8 Å². The molecule has 0 spiro atoms. The Kier molecular flexibility index (Phi) is 5.57. The molecule has 27 heavy (non-hydrogen) atoms. The Bertz CT molecular complexity index is 1050. The van der Waals surface area contributed by atoms with Gasteiger partial charge in [-0.05, 0) is 42.3 Å². The van der Waals surface area contributed by atoms with Crippen LogP contribution in [0.1, 0.15) is 27.2 Å². The maximum Gasteiger partial charge on any atom is 0.337 e. The second-order valence-electron chi connectivity index (χ2n) is 6.31. The predicted octanol–water partition coefficient (Wildman–Crippen LogP) is 2.20. The van der Waals surface area contributed by atoms with E-state index in [2.05, 4.69) is 9.84 Å². The zero-order valence-electron chi connectivity index (χ0n) is 15.4. The molecule has 1 heterocycles. The van der Waals surface area contributed by atoms with Crippen LogP contribution in [0.3, 0.4) is 0 Å². The van der Waals surface area contributed by atoms with E-state index in [4.69, 9.17) is 0 Å². The summed E-state index contributed by atoms with van der Waals surface area (Å²) in [6.45, 7) is 2.42. The first-order valence-corrected chi connectivity index (χ1v) is 9.51. The number of hydrogen-bond donors (Lipinski definition) is 1. The summed E-state index contributed by atoms with van der Waals surface area (Å²) in [4.78, 5) is 11.5. The second kappa shape index (κ2) is 7.89.